The van der Waals surface area contributed by atoms with Crippen LogP contribution < -0.4 is 10.6 Å². The Hall–Kier alpha value is -1.94. The molecule has 19 heavy (non-hydrogen) atoms. The van der Waals surface area contributed by atoms with Crippen molar-refractivity contribution in [3.05, 3.63) is 53.2 Å². The van der Waals surface area contributed by atoms with Crippen molar-refractivity contribution in [1.29, 1.82) is 0 Å². The molecule has 0 saturated heterocycles. The van der Waals surface area contributed by atoms with Crippen molar-refractivity contribution in [3.8, 4) is 0 Å². The van der Waals surface area contributed by atoms with Gasteiger partial charge in [0.25, 0.3) is 0 Å². The average molecular weight is 271 g/mol. The fourth-order valence-electron chi connectivity index (χ4n) is 1.70. The van der Waals surface area contributed by atoms with Gasteiger partial charge in [0.1, 0.15) is 5.82 Å². The van der Waals surface area contributed by atoms with Crippen LogP contribution in [0.3, 0.4) is 0 Å². The molecule has 0 aliphatic heterocycles. The molecule has 0 bridgehead atoms. The van der Waals surface area contributed by atoms with Crippen LogP contribution in [0, 0.1) is 20.8 Å². The van der Waals surface area contributed by atoms with Gasteiger partial charge < -0.3 is 10.6 Å². The molecule has 2 aromatic rings. The van der Waals surface area contributed by atoms with Gasteiger partial charge in [0, 0.05) is 11.9 Å². The predicted molar refractivity (Wildman–Crippen MR) is 84.7 cm³/mol. The number of anilines is 2. The van der Waals surface area contributed by atoms with Crippen LogP contribution in [0.2, 0.25) is 0 Å². The SMILES string of the molecule is Cc1ccc(NC(=S)Nc2cccc(C)c2C)nc1. The molecule has 0 aliphatic rings. The first-order valence-corrected chi connectivity index (χ1v) is 6.54. The maximum Gasteiger partial charge on any atom is 0.176 e. The van der Waals surface area contributed by atoms with E-state index in [0.717, 1.165) is 17.1 Å². The van der Waals surface area contributed by atoms with Crippen molar-refractivity contribution in [2.75, 3.05) is 10.6 Å². The van der Waals surface area contributed by atoms with E-state index in [2.05, 4.69) is 35.5 Å². The third kappa shape index (κ3) is 3.51. The molecule has 0 aliphatic carbocycles. The number of aromatic nitrogens is 1. The van der Waals surface area contributed by atoms with E-state index in [1.165, 1.54) is 11.1 Å². The van der Waals surface area contributed by atoms with Crippen LogP contribution >= 0.6 is 12.2 Å². The lowest BCUT2D eigenvalue weighted by atomic mass is 10.1. The molecular formula is C15H17N3S. The van der Waals surface area contributed by atoms with Gasteiger partial charge in [0.05, 0.1) is 0 Å². The summed E-state index contributed by atoms with van der Waals surface area (Å²) in [7, 11) is 0. The number of benzene rings is 1. The molecule has 1 aromatic heterocycles. The Labute approximate surface area is 119 Å². The molecule has 1 heterocycles. The predicted octanol–water partition coefficient (Wildman–Crippen LogP) is 3.82. The Bertz CT molecular complexity index is 591. The maximum absolute atomic E-state index is 5.29. The first-order chi connectivity index (χ1) is 9.06. The summed E-state index contributed by atoms with van der Waals surface area (Å²) < 4.78 is 0. The number of nitrogens with one attached hydrogen (secondary N) is 2. The second kappa shape index (κ2) is 5.80. The van der Waals surface area contributed by atoms with E-state index in [4.69, 9.17) is 12.2 Å². The van der Waals surface area contributed by atoms with Gasteiger partial charge in [-0.3, -0.25) is 0 Å². The minimum Gasteiger partial charge on any atom is -0.332 e. The van der Waals surface area contributed by atoms with E-state index in [1.807, 2.05) is 37.4 Å². The first-order valence-electron chi connectivity index (χ1n) is 6.13. The Morgan fingerprint density at radius 3 is 2.53 bits per heavy atom. The van der Waals surface area contributed by atoms with Crippen LogP contribution in [-0.2, 0) is 0 Å². The summed E-state index contributed by atoms with van der Waals surface area (Å²) in [6.45, 7) is 6.16. The lowest BCUT2D eigenvalue weighted by Crippen LogP contribution is -2.20. The fraction of sp³-hybridized carbons (Fsp3) is 0.200. The zero-order valence-corrected chi connectivity index (χ0v) is 12.1. The highest BCUT2D eigenvalue weighted by molar-refractivity contribution is 7.80. The van der Waals surface area contributed by atoms with Gasteiger partial charge in [-0.25, -0.2) is 4.98 Å². The lowest BCUT2D eigenvalue weighted by molar-refractivity contribution is 1.27. The second-order valence-electron chi connectivity index (χ2n) is 4.55. The van der Waals surface area contributed by atoms with Gasteiger partial charge >= 0.3 is 0 Å². The largest absolute Gasteiger partial charge is 0.332 e. The highest BCUT2D eigenvalue weighted by Crippen LogP contribution is 2.18. The standard InChI is InChI=1S/C15H17N3S/c1-10-7-8-14(16-9-10)18-15(19)17-13-6-4-5-11(2)12(13)3/h4-9H,1-3H3,(H2,16,17,18,19). The zero-order valence-electron chi connectivity index (χ0n) is 11.3. The zero-order chi connectivity index (χ0) is 13.8. The summed E-state index contributed by atoms with van der Waals surface area (Å²) in [5.74, 6) is 0.744. The minimum atomic E-state index is 0.546. The van der Waals surface area contributed by atoms with Crippen molar-refractivity contribution in [2.24, 2.45) is 0 Å². The second-order valence-corrected chi connectivity index (χ2v) is 4.96. The molecule has 4 heteroatoms. The highest BCUT2D eigenvalue weighted by Gasteiger charge is 2.03. The smallest absolute Gasteiger partial charge is 0.176 e. The highest BCUT2D eigenvalue weighted by atomic mass is 32.1. The van der Waals surface area contributed by atoms with Crippen molar-refractivity contribution in [3.63, 3.8) is 0 Å². The van der Waals surface area contributed by atoms with Gasteiger partial charge in [-0.15, -0.1) is 0 Å². The minimum absolute atomic E-state index is 0.546. The van der Waals surface area contributed by atoms with Gasteiger partial charge in [0.2, 0.25) is 0 Å². The van der Waals surface area contributed by atoms with E-state index < -0.39 is 0 Å². The molecule has 2 rings (SSSR count). The van der Waals surface area contributed by atoms with Crippen LogP contribution in [0.5, 0.6) is 0 Å². The third-order valence-electron chi connectivity index (χ3n) is 3.01. The molecule has 0 atom stereocenters. The normalized spacial score (nSPS) is 10.1. The number of nitrogens with zero attached hydrogens (tertiary/aromatic N) is 1. The number of aryl methyl sites for hydroxylation is 2. The van der Waals surface area contributed by atoms with Gasteiger partial charge in [0.15, 0.2) is 5.11 Å². The molecule has 0 radical (unpaired) electrons. The van der Waals surface area contributed by atoms with Crippen molar-refractivity contribution >= 4 is 28.8 Å². The van der Waals surface area contributed by atoms with Gasteiger partial charge in [-0.05, 0) is 61.8 Å². The van der Waals surface area contributed by atoms with E-state index in [-0.39, 0.29) is 0 Å². The fourth-order valence-corrected chi connectivity index (χ4v) is 1.91. The Morgan fingerprint density at radius 1 is 1.05 bits per heavy atom. The third-order valence-corrected chi connectivity index (χ3v) is 3.21. The van der Waals surface area contributed by atoms with Crippen LogP contribution in [0.4, 0.5) is 11.5 Å². The van der Waals surface area contributed by atoms with Crippen molar-refractivity contribution < 1.29 is 0 Å². The van der Waals surface area contributed by atoms with Crippen LogP contribution in [0.1, 0.15) is 16.7 Å². The summed E-state index contributed by atoms with van der Waals surface area (Å²) in [4.78, 5) is 4.26. The number of hydrogen-bond acceptors (Lipinski definition) is 2. The molecule has 2 N–H and O–H groups in total. The molecule has 0 saturated carbocycles. The molecule has 3 nitrogen and oxygen atoms in total. The summed E-state index contributed by atoms with van der Waals surface area (Å²) in [6.07, 6.45) is 1.81. The Morgan fingerprint density at radius 2 is 1.84 bits per heavy atom. The van der Waals surface area contributed by atoms with Crippen LogP contribution in [0.25, 0.3) is 0 Å². The van der Waals surface area contributed by atoms with Crippen molar-refractivity contribution in [1.82, 2.24) is 4.98 Å². The average Bonchev–Trinajstić information content (AvgIpc) is 2.38. The van der Waals surface area contributed by atoms with Crippen molar-refractivity contribution in [2.45, 2.75) is 20.8 Å². The van der Waals surface area contributed by atoms with E-state index in [1.54, 1.807) is 0 Å². The molecule has 1 aromatic carbocycles. The number of pyridine rings is 1. The monoisotopic (exact) mass is 271 g/mol. The topological polar surface area (TPSA) is 37.0 Å². The van der Waals surface area contributed by atoms with E-state index in [9.17, 15) is 0 Å². The molecule has 0 amide bonds. The molecular weight excluding hydrogens is 254 g/mol. The Kier molecular flexibility index (Phi) is 4.12. The van der Waals surface area contributed by atoms with E-state index in [0.29, 0.717) is 5.11 Å². The molecule has 0 spiro atoms. The van der Waals surface area contributed by atoms with Crippen LogP contribution in [-0.4, -0.2) is 10.1 Å². The number of hydrogen-bond donors (Lipinski definition) is 2. The quantitative estimate of drug-likeness (QED) is 0.814. The summed E-state index contributed by atoms with van der Waals surface area (Å²) >= 11 is 5.29. The molecule has 0 fully saturated rings. The molecule has 0 unspecified atom stereocenters. The number of thiocarbonyl (C=S) groups is 1. The van der Waals surface area contributed by atoms with E-state index >= 15 is 0 Å². The summed E-state index contributed by atoms with van der Waals surface area (Å²) in [5.41, 5.74) is 4.58. The van der Waals surface area contributed by atoms with Gasteiger partial charge in [-0.1, -0.05) is 18.2 Å². The van der Waals surface area contributed by atoms with Crippen LogP contribution in [0.15, 0.2) is 36.5 Å². The molecule has 98 valence electrons. The first kappa shape index (κ1) is 13.5. The maximum atomic E-state index is 5.29. The summed E-state index contributed by atoms with van der Waals surface area (Å²) in [5, 5.41) is 6.81. The number of rotatable bonds is 2. The summed E-state index contributed by atoms with van der Waals surface area (Å²) in [6, 6.07) is 10.0. The van der Waals surface area contributed by atoms with Gasteiger partial charge in [-0.2, -0.15) is 0 Å². The Balaban J connectivity index is 2.05. The lowest BCUT2D eigenvalue weighted by Gasteiger charge is -2.13.